The van der Waals surface area contributed by atoms with E-state index in [2.05, 4.69) is 0 Å². The third kappa shape index (κ3) is 158. The predicted molar refractivity (Wildman–Crippen MR) is 30.7 cm³/mol. The molecule has 0 saturated carbocycles. The van der Waals surface area contributed by atoms with Crippen LogP contribution in [0.1, 0.15) is 0 Å². The summed E-state index contributed by atoms with van der Waals surface area (Å²) in [5.74, 6) is 0. The summed E-state index contributed by atoms with van der Waals surface area (Å²) in [5, 5.41) is 0. The average Bonchev–Trinajstić information content (AvgIpc) is 0. The van der Waals surface area contributed by atoms with Gasteiger partial charge in [0.15, 0.2) is 0 Å². The van der Waals surface area contributed by atoms with Crippen LogP contribution in [0.2, 0.25) is 0 Å². The number of rotatable bonds is 0. The van der Waals surface area contributed by atoms with Gasteiger partial charge in [-0.2, -0.15) is 0 Å². The van der Waals surface area contributed by atoms with Crippen molar-refractivity contribution in [1.82, 2.24) is 0 Å². The van der Waals surface area contributed by atoms with Crippen molar-refractivity contribution in [3.63, 3.8) is 0 Å². The van der Waals surface area contributed by atoms with Crippen molar-refractivity contribution in [2.75, 3.05) is 0 Å². The van der Waals surface area contributed by atoms with Gasteiger partial charge in [-0.3, -0.25) is 28.2 Å². The summed E-state index contributed by atoms with van der Waals surface area (Å²) in [7, 11) is 0. The van der Waals surface area contributed by atoms with Crippen LogP contribution in [0.3, 0.4) is 0 Å². The first-order valence-corrected chi connectivity index (χ1v) is 0. The van der Waals surface area contributed by atoms with Crippen LogP contribution in [-0.4, -0.2) is 53.5 Å². The van der Waals surface area contributed by atoms with Crippen LogP contribution in [0.25, 0.3) is 0 Å². The molecule has 0 fully saturated rings. The van der Waals surface area contributed by atoms with Gasteiger partial charge in [0.2, 0.25) is 0 Å². The Balaban J connectivity index is 0. The molecule has 0 rings (SSSR count). The summed E-state index contributed by atoms with van der Waals surface area (Å²) in [5.41, 5.74) is 0. The first-order chi connectivity index (χ1) is 0. The van der Waals surface area contributed by atoms with Crippen LogP contribution >= 0.6 is 0 Å². The van der Waals surface area contributed by atoms with E-state index in [1.807, 2.05) is 0 Å². The second-order valence-electron chi connectivity index (χ2n) is 0. The maximum absolute atomic E-state index is 0. The Kier molecular flexibility index (Phi) is 10400. The number of hydrogen-bond donors (Lipinski definition) is 0. The second-order valence-corrected chi connectivity index (χ2v) is 0. The molecule has 56 valence electrons. The Hall–Kier alpha value is 1.38. The predicted octanol–water partition coefficient (Wildman–Crippen LogP) is -0.650. The van der Waals surface area contributed by atoms with E-state index in [0.29, 0.717) is 0 Å². The number of hydrogen-bond acceptors (Lipinski definition) is 0. The quantitative estimate of drug-likeness (QED) is 0.403. The molecule has 0 aliphatic carbocycles. The Morgan fingerprint density at radius 1 is 0.375 bits per heavy atom. The summed E-state index contributed by atoms with van der Waals surface area (Å²) in [6.07, 6.45) is 0. The average molecular weight is 265 g/mol. The van der Waals surface area contributed by atoms with E-state index in [0.717, 1.165) is 0 Å². The van der Waals surface area contributed by atoms with E-state index in [9.17, 15) is 0 Å². The van der Waals surface area contributed by atoms with Gasteiger partial charge in [-0.15, -0.1) is 0 Å². The van der Waals surface area contributed by atoms with Crippen molar-refractivity contribution < 1.29 is 28.2 Å². The van der Waals surface area contributed by atoms with E-state index in [1.165, 1.54) is 0 Å². The molecule has 0 heterocycles. The van der Waals surface area contributed by atoms with Crippen LogP contribution in [0.5, 0.6) is 0 Å². The minimum atomic E-state index is 0. The van der Waals surface area contributed by atoms with E-state index < -0.39 is 0 Å². The molecule has 0 atom stereocenters. The molecule has 0 aliphatic heterocycles. The van der Waals surface area contributed by atoms with E-state index in [4.69, 9.17) is 0 Å². The third-order valence-corrected chi connectivity index (χ3v) is 0. The topological polar surface area (TPSA) is 0 Å². The van der Waals surface area contributed by atoms with Gasteiger partial charge in [-0.05, 0) is 0 Å². The monoisotopic (exact) mass is 266 g/mol. The molecule has 0 aliphatic rings. The molecule has 0 aromatic carbocycles. The van der Waals surface area contributed by atoms with Gasteiger partial charge >= 0.3 is 53.5 Å². The fourth-order valence-electron chi connectivity index (χ4n) is 0. The number of halogens is 6. The van der Waals surface area contributed by atoms with Gasteiger partial charge in [0.05, 0.1) is 0 Å². The molecule has 0 aromatic rings. The van der Waals surface area contributed by atoms with Crippen molar-refractivity contribution in [3.8, 4) is 0 Å². The van der Waals surface area contributed by atoms with Crippen LogP contribution in [-0.2, 0) is 0 Å². The Labute approximate surface area is 81.2 Å². The minimum absolute atomic E-state index is 0. The SMILES string of the molecule is F.F.F.F.F.F.[NaH].[SnH2]. The zero-order valence-electron chi connectivity index (χ0n) is 3.16. The summed E-state index contributed by atoms with van der Waals surface area (Å²) in [6.45, 7) is 0. The van der Waals surface area contributed by atoms with Gasteiger partial charge in [0.25, 0.3) is 0 Å². The molecule has 0 amide bonds. The van der Waals surface area contributed by atoms with Gasteiger partial charge in [0, 0.05) is 0 Å². The summed E-state index contributed by atoms with van der Waals surface area (Å²) in [4.78, 5) is 0. The molecule has 0 nitrogen and oxygen atoms in total. The molecule has 0 saturated heterocycles. The molecule has 0 spiro atoms. The zero-order chi connectivity index (χ0) is 0. The van der Waals surface area contributed by atoms with Crippen molar-refractivity contribution in [2.45, 2.75) is 0 Å². The molecule has 0 unspecified atom stereocenters. The first-order valence-electron chi connectivity index (χ1n) is 0. The summed E-state index contributed by atoms with van der Waals surface area (Å²) >= 11 is 0. The maximum atomic E-state index is 0. The van der Waals surface area contributed by atoms with Crippen LogP contribution in [0.4, 0.5) is 28.2 Å². The summed E-state index contributed by atoms with van der Waals surface area (Å²) in [6, 6.07) is 0. The standard InChI is InChI=1S/6FH.Na.Sn.3H/h6*1H;;;;;. The molecule has 2 radical (unpaired) electrons. The van der Waals surface area contributed by atoms with Gasteiger partial charge < -0.3 is 0 Å². The van der Waals surface area contributed by atoms with E-state index in [1.54, 1.807) is 0 Å². The van der Waals surface area contributed by atoms with Crippen LogP contribution in [0.15, 0.2) is 0 Å². The Bertz CT molecular complexity index is 8.49. The van der Waals surface area contributed by atoms with Gasteiger partial charge in [0.1, 0.15) is 0 Å². The molecular formula is H9F6NaSn. The normalized spacial score (nSPS) is 0. The fraction of sp³-hybridized carbons (Fsp3) is 0. The van der Waals surface area contributed by atoms with Crippen LogP contribution in [0, 0.1) is 0 Å². The van der Waals surface area contributed by atoms with Crippen LogP contribution < -0.4 is 0 Å². The van der Waals surface area contributed by atoms with Gasteiger partial charge in [-0.1, -0.05) is 0 Å². The van der Waals surface area contributed by atoms with Crippen molar-refractivity contribution in [3.05, 3.63) is 0 Å². The zero-order valence-corrected chi connectivity index (χ0v) is 7.19. The molecule has 8 heavy (non-hydrogen) atoms. The molecule has 8 heteroatoms. The first kappa shape index (κ1) is 346. The second kappa shape index (κ2) is 240. The Morgan fingerprint density at radius 2 is 0.375 bits per heavy atom. The molecule has 0 N–H and O–H groups in total. The summed E-state index contributed by atoms with van der Waals surface area (Å²) < 4.78 is 0. The molecule has 0 bridgehead atoms. The van der Waals surface area contributed by atoms with Crippen molar-refractivity contribution in [2.24, 2.45) is 0 Å². The molecule has 0 aromatic heterocycles. The third-order valence-electron chi connectivity index (χ3n) is 0. The van der Waals surface area contributed by atoms with E-state index in [-0.39, 0.29) is 81.7 Å². The van der Waals surface area contributed by atoms with Crippen molar-refractivity contribution in [1.29, 1.82) is 0 Å². The Morgan fingerprint density at radius 3 is 0.375 bits per heavy atom. The van der Waals surface area contributed by atoms with Gasteiger partial charge in [-0.25, -0.2) is 0 Å². The van der Waals surface area contributed by atoms with E-state index >= 15 is 0 Å². The fourth-order valence-corrected chi connectivity index (χ4v) is 0. The van der Waals surface area contributed by atoms with Crippen molar-refractivity contribution >= 4 is 53.5 Å². The molecular weight excluding hydrogens is 256 g/mol.